The van der Waals surface area contributed by atoms with Gasteiger partial charge in [0.15, 0.2) is 0 Å². The number of carbonyl (C=O) groups excluding carboxylic acids is 2. The number of methoxy groups -OCH3 is 1. The van der Waals surface area contributed by atoms with Crippen molar-refractivity contribution in [2.75, 3.05) is 39.8 Å². The summed E-state index contributed by atoms with van der Waals surface area (Å²) in [5.74, 6) is -0.0529. The molecule has 20 heavy (non-hydrogen) atoms. The second-order valence-electron chi connectivity index (χ2n) is 4.89. The number of nitrogens with zero attached hydrogens (tertiary/aromatic N) is 2. The first kappa shape index (κ1) is 15.0. The number of hydrogen-bond donors (Lipinski definition) is 0. The molecular weight excluding hydrogens is 276 g/mol. The molecule has 1 aromatic heterocycles. The fraction of sp³-hybridized carbons (Fsp3) is 0.571. The molecule has 0 radical (unpaired) electrons. The largest absolute Gasteiger partial charge is 0.469 e. The Bertz CT molecular complexity index is 479. The van der Waals surface area contributed by atoms with Gasteiger partial charge >= 0.3 is 5.97 Å². The molecule has 6 heteroatoms. The molecule has 1 amide bonds. The average molecular weight is 296 g/mol. The van der Waals surface area contributed by atoms with Gasteiger partial charge in [0.05, 0.1) is 18.4 Å². The van der Waals surface area contributed by atoms with Gasteiger partial charge in [-0.2, -0.15) is 0 Å². The lowest BCUT2D eigenvalue weighted by molar-refractivity contribution is -0.141. The first-order valence-corrected chi connectivity index (χ1v) is 7.62. The Morgan fingerprint density at radius 2 is 2.00 bits per heavy atom. The van der Waals surface area contributed by atoms with Gasteiger partial charge in [0, 0.05) is 32.7 Å². The normalized spacial score (nSPS) is 16.2. The molecule has 0 aliphatic carbocycles. The summed E-state index contributed by atoms with van der Waals surface area (Å²) in [6.07, 6.45) is 0.411. The summed E-state index contributed by atoms with van der Waals surface area (Å²) in [7, 11) is 1.41. The Morgan fingerprint density at radius 3 is 2.55 bits per heavy atom. The summed E-state index contributed by atoms with van der Waals surface area (Å²) in [6.45, 7) is 5.73. The number of rotatable bonds is 4. The Balaban J connectivity index is 1.81. The van der Waals surface area contributed by atoms with Crippen LogP contribution < -0.4 is 0 Å². The fourth-order valence-corrected chi connectivity index (χ4v) is 3.15. The van der Waals surface area contributed by atoms with Crippen LogP contribution in [0.25, 0.3) is 0 Å². The SMILES string of the molecule is COC(=O)CCN1CCN(C(=O)c2sccc2C)CC1. The van der Waals surface area contributed by atoms with Gasteiger partial charge in [0.1, 0.15) is 0 Å². The first-order valence-electron chi connectivity index (χ1n) is 6.74. The Labute approximate surface area is 123 Å². The summed E-state index contributed by atoms with van der Waals surface area (Å²) >= 11 is 1.50. The number of amides is 1. The maximum atomic E-state index is 12.3. The lowest BCUT2D eigenvalue weighted by Crippen LogP contribution is -2.49. The van der Waals surface area contributed by atoms with Crippen LogP contribution in [0.5, 0.6) is 0 Å². The van der Waals surface area contributed by atoms with Crippen molar-refractivity contribution in [2.45, 2.75) is 13.3 Å². The standard InChI is InChI=1S/C14H20N2O3S/c1-11-4-10-20-13(11)14(18)16-8-6-15(7-9-16)5-3-12(17)19-2/h4,10H,3,5-9H2,1-2H3. The van der Waals surface area contributed by atoms with E-state index in [9.17, 15) is 9.59 Å². The van der Waals surface area contributed by atoms with Crippen molar-refractivity contribution in [1.82, 2.24) is 9.80 Å². The predicted octanol–water partition coefficient (Wildman–Crippen LogP) is 1.38. The van der Waals surface area contributed by atoms with Crippen LogP contribution in [0, 0.1) is 6.92 Å². The van der Waals surface area contributed by atoms with Gasteiger partial charge in [0.25, 0.3) is 5.91 Å². The summed E-state index contributed by atoms with van der Waals surface area (Å²) < 4.78 is 4.63. The molecule has 1 aliphatic heterocycles. The summed E-state index contributed by atoms with van der Waals surface area (Å²) in [6, 6.07) is 1.98. The zero-order valence-electron chi connectivity index (χ0n) is 11.9. The minimum atomic E-state index is -0.183. The molecule has 0 aromatic carbocycles. The molecular formula is C14H20N2O3S. The van der Waals surface area contributed by atoms with E-state index in [0.717, 1.165) is 36.6 Å². The van der Waals surface area contributed by atoms with Crippen LogP contribution in [0.4, 0.5) is 0 Å². The quantitative estimate of drug-likeness (QED) is 0.788. The molecule has 0 spiro atoms. The van der Waals surface area contributed by atoms with Crippen LogP contribution >= 0.6 is 11.3 Å². The molecule has 0 bridgehead atoms. The van der Waals surface area contributed by atoms with E-state index < -0.39 is 0 Å². The highest BCUT2D eigenvalue weighted by Crippen LogP contribution is 2.18. The lowest BCUT2D eigenvalue weighted by atomic mass is 10.2. The van der Waals surface area contributed by atoms with Crippen LogP contribution in [0.1, 0.15) is 21.7 Å². The molecule has 2 rings (SSSR count). The van der Waals surface area contributed by atoms with E-state index in [-0.39, 0.29) is 11.9 Å². The van der Waals surface area contributed by atoms with Gasteiger partial charge in [-0.1, -0.05) is 0 Å². The van der Waals surface area contributed by atoms with Crippen molar-refractivity contribution >= 4 is 23.2 Å². The highest BCUT2D eigenvalue weighted by Gasteiger charge is 2.23. The van der Waals surface area contributed by atoms with Gasteiger partial charge in [-0.3, -0.25) is 14.5 Å². The van der Waals surface area contributed by atoms with Crippen LogP contribution in [0.15, 0.2) is 11.4 Å². The number of piperazine rings is 1. The van der Waals surface area contributed by atoms with E-state index in [0.29, 0.717) is 13.0 Å². The van der Waals surface area contributed by atoms with Crippen molar-refractivity contribution in [1.29, 1.82) is 0 Å². The molecule has 110 valence electrons. The van der Waals surface area contributed by atoms with Gasteiger partial charge in [0.2, 0.25) is 0 Å². The summed E-state index contributed by atoms with van der Waals surface area (Å²) in [5.41, 5.74) is 1.05. The smallest absolute Gasteiger partial charge is 0.306 e. The average Bonchev–Trinajstić information content (AvgIpc) is 2.90. The second kappa shape index (κ2) is 6.85. The zero-order valence-corrected chi connectivity index (χ0v) is 12.7. The van der Waals surface area contributed by atoms with Crippen LogP contribution in [0.3, 0.4) is 0 Å². The number of hydrogen-bond acceptors (Lipinski definition) is 5. The van der Waals surface area contributed by atoms with Crippen molar-refractivity contribution in [2.24, 2.45) is 0 Å². The molecule has 1 aliphatic rings. The van der Waals surface area contributed by atoms with Crippen molar-refractivity contribution < 1.29 is 14.3 Å². The van der Waals surface area contributed by atoms with E-state index in [1.165, 1.54) is 18.4 Å². The molecule has 0 atom stereocenters. The van der Waals surface area contributed by atoms with E-state index in [4.69, 9.17) is 0 Å². The van der Waals surface area contributed by atoms with Gasteiger partial charge < -0.3 is 9.64 Å². The molecule has 0 N–H and O–H groups in total. The van der Waals surface area contributed by atoms with Gasteiger partial charge in [-0.05, 0) is 23.9 Å². The van der Waals surface area contributed by atoms with Crippen LogP contribution in [-0.4, -0.2) is 61.5 Å². The molecule has 1 aromatic rings. The van der Waals surface area contributed by atoms with Crippen molar-refractivity contribution in [3.8, 4) is 0 Å². The Kier molecular flexibility index (Phi) is 5.14. The lowest BCUT2D eigenvalue weighted by Gasteiger charge is -2.34. The van der Waals surface area contributed by atoms with Crippen molar-refractivity contribution in [3.63, 3.8) is 0 Å². The van der Waals surface area contributed by atoms with Gasteiger partial charge in [-0.15, -0.1) is 11.3 Å². The maximum Gasteiger partial charge on any atom is 0.306 e. The minimum absolute atomic E-state index is 0.130. The zero-order chi connectivity index (χ0) is 14.5. The van der Waals surface area contributed by atoms with E-state index >= 15 is 0 Å². The fourth-order valence-electron chi connectivity index (χ4n) is 2.26. The molecule has 5 nitrogen and oxygen atoms in total. The maximum absolute atomic E-state index is 12.3. The second-order valence-corrected chi connectivity index (χ2v) is 5.81. The monoisotopic (exact) mass is 296 g/mol. The predicted molar refractivity (Wildman–Crippen MR) is 78.0 cm³/mol. The van der Waals surface area contributed by atoms with Crippen molar-refractivity contribution in [3.05, 3.63) is 21.9 Å². The van der Waals surface area contributed by atoms with E-state index in [2.05, 4.69) is 9.64 Å². The molecule has 0 saturated carbocycles. The highest BCUT2D eigenvalue weighted by atomic mass is 32.1. The summed E-state index contributed by atoms with van der Waals surface area (Å²) in [4.78, 5) is 28.4. The first-order chi connectivity index (χ1) is 9.61. The van der Waals surface area contributed by atoms with E-state index in [1.54, 1.807) is 0 Å². The van der Waals surface area contributed by atoms with Crippen LogP contribution in [0.2, 0.25) is 0 Å². The third kappa shape index (κ3) is 3.58. The number of carbonyl (C=O) groups is 2. The number of aryl methyl sites for hydroxylation is 1. The minimum Gasteiger partial charge on any atom is -0.469 e. The highest BCUT2D eigenvalue weighted by molar-refractivity contribution is 7.12. The third-order valence-electron chi connectivity index (χ3n) is 3.58. The molecule has 2 heterocycles. The number of thiophene rings is 1. The third-order valence-corrected chi connectivity index (χ3v) is 4.58. The Morgan fingerprint density at radius 1 is 1.30 bits per heavy atom. The Hall–Kier alpha value is -1.40. The molecule has 0 unspecified atom stereocenters. The van der Waals surface area contributed by atoms with Crippen LogP contribution in [-0.2, 0) is 9.53 Å². The molecule has 1 fully saturated rings. The number of esters is 1. The molecule has 1 saturated heterocycles. The summed E-state index contributed by atoms with van der Waals surface area (Å²) in [5, 5.41) is 1.95. The number of ether oxygens (including phenoxy) is 1. The van der Waals surface area contributed by atoms with E-state index in [1.807, 2.05) is 23.3 Å². The van der Waals surface area contributed by atoms with Gasteiger partial charge in [-0.25, -0.2) is 0 Å². The topological polar surface area (TPSA) is 49.9 Å².